The van der Waals surface area contributed by atoms with Gasteiger partial charge in [-0.05, 0) is 89.9 Å². The van der Waals surface area contributed by atoms with E-state index in [1.54, 1.807) is 0 Å². The highest BCUT2D eigenvalue weighted by molar-refractivity contribution is 5.71. The van der Waals surface area contributed by atoms with E-state index >= 15 is 0 Å². The largest absolute Gasteiger partial charge is 0.462 e. The molecule has 0 amide bonds. The van der Waals surface area contributed by atoms with E-state index in [0.29, 0.717) is 19.3 Å². The molecule has 0 fully saturated rings. The van der Waals surface area contributed by atoms with Crippen LogP contribution in [-0.2, 0) is 28.6 Å². The topological polar surface area (TPSA) is 78.9 Å². The van der Waals surface area contributed by atoms with Gasteiger partial charge < -0.3 is 14.2 Å². The molecule has 6 nitrogen and oxygen atoms in total. The van der Waals surface area contributed by atoms with Gasteiger partial charge in [0.1, 0.15) is 13.2 Å². The van der Waals surface area contributed by atoms with Gasteiger partial charge in [-0.25, -0.2) is 0 Å². The van der Waals surface area contributed by atoms with Gasteiger partial charge in [0, 0.05) is 19.3 Å². The molecular formula is C59H86O6. The Labute approximate surface area is 396 Å². The summed E-state index contributed by atoms with van der Waals surface area (Å²) >= 11 is 0. The van der Waals surface area contributed by atoms with Crippen LogP contribution in [0.5, 0.6) is 0 Å². The number of allylic oxidation sites excluding steroid dienone is 28. The third-order valence-electron chi connectivity index (χ3n) is 9.42. The standard InChI is InChI=1S/C59H86O6/c1-4-7-10-13-16-19-22-25-27-29-30-32-34-37-40-43-46-49-52-58(61)64-55-56(54-63-57(60)51-48-45-42-39-36-33-24-21-18-15-12-9-6-3)65-59(62)53-50-47-44-41-38-35-31-28-26-23-20-17-14-11-8-5-2/h8-9,11-12,15-22,24-30,32-33,35-36,38-39,42,44,47,56H,4-7,10,13-14,23,31,34,37,40-41,43,45-46,48-55H2,1-3H3/b11-8-,12-9-,18-15-,19-16-,20-17-,24-21-,25-22-,28-26-,29-27-,32-30-,36-33-,38-35-,42-39-,47-44-. The molecule has 0 aliphatic heterocycles. The molecule has 358 valence electrons. The van der Waals surface area contributed by atoms with Crippen molar-refractivity contribution in [1.82, 2.24) is 0 Å². The maximum Gasteiger partial charge on any atom is 0.306 e. The molecule has 0 N–H and O–H groups in total. The van der Waals surface area contributed by atoms with Gasteiger partial charge in [0.2, 0.25) is 0 Å². The number of ether oxygens (including phenoxy) is 3. The predicted molar refractivity (Wildman–Crippen MR) is 278 cm³/mol. The van der Waals surface area contributed by atoms with Crippen molar-refractivity contribution in [2.75, 3.05) is 13.2 Å². The van der Waals surface area contributed by atoms with Crippen molar-refractivity contribution in [2.45, 2.75) is 168 Å². The van der Waals surface area contributed by atoms with E-state index in [4.69, 9.17) is 14.2 Å². The van der Waals surface area contributed by atoms with Crippen LogP contribution in [-0.4, -0.2) is 37.2 Å². The van der Waals surface area contributed by atoms with Crippen LogP contribution in [0.3, 0.4) is 0 Å². The number of unbranched alkanes of at least 4 members (excludes halogenated alkanes) is 9. The molecule has 6 heteroatoms. The number of hydrogen-bond acceptors (Lipinski definition) is 6. The Morgan fingerprint density at radius 1 is 0.338 bits per heavy atom. The summed E-state index contributed by atoms with van der Waals surface area (Å²) in [5.41, 5.74) is 0. The highest BCUT2D eigenvalue weighted by Crippen LogP contribution is 2.10. The second-order valence-electron chi connectivity index (χ2n) is 15.5. The fourth-order valence-corrected chi connectivity index (χ4v) is 5.77. The average molecular weight is 891 g/mol. The van der Waals surface area contributed by atoms with Gasteiger partial charge in [-0.3, -0.25) is 14.4 Å². The zero-order valence-electron chi connectivity index (χ0n) is 40.7. The van der Waals surface area contributed by atoms with Crippen LogP contribution >= 0.6 is 0 Å². The highest BCUT2D eigenvalue weighted by Gasteiger charge is 2.19. The highest BCUT2D eigenvalue weighted by atomic mass is 16.6. The Kier molecular flexibility index (Phi) is 47.3. The summed E-state index contributed by atoms with van der Waals surface area (Å²) in [5, 5.41) is 0. The van der Waals surface area contributed by atoms with E-state index in [-0.39, 0.29) is 38.0 Å². The van der Waals surface area contributed by atoms with Crippen molar-refractivity contribution in [3.05, 3.63) is 170 Å². The fourth-order valence-electron chi connectivity index (χ4n) is 5.77. The first-order chi connectivity index (χ1) is 32.0. The van der Waals surface area contributed by atoms with Gasteiger partial charge in [0.25, 0.3) is 0 Å². The van der Waals surface area contributed by atoms with Crippen LogP contribution in [0.2, 0.25) is 0 Å². The lowest BCUT2D eigenvalue weighted by Crippen LogP contribution is -2.30. The number of carbonyl (C=O) groups is 3. The monoisotopic (exact) mass is 891 g/mol. The Hall–Kier alpha value is -5.23. The van der Waals surface area contributed by atoms with Crippen molar-refractivity contribution in [2.24, 2.45) is 0 Å². The lowest BCUT2D eigenvalue weighted by atomic mass is 10.1. The zero-order chi connectivity index (χ0) is 47.2. The molecule has 0 rings (SSSR count). The summed E-state index contributed by atoms with van der Waals surface area (Å²) in [4.78, 5) is 37.9. The fraction of sp³-hybridized carbons (Fsp3) is 0.475. The lowest BCUT2D eigenvalue weighted by molar-refractivity contribution is -0.166. The molecule has 0 aromatic carbocycles. The maximum atomic E-state index is 12.8. The smallest absolute Gasteiger partial charge is 0.306 e. The first-order valence-corrected chi connectivity index (χ1v) is 24.8. The SMILES string of the molecule is CC\C=C/C=C\C=C/C=C\C=C/CCCC(=O)OCC(COC(=O)CCCCCCC\C=C/C=C\C=C/C=C\CCCCC)OC(=O)CC/C=C\C/C=C\C/C=C\C/C=C\C/C=C\CC. The van der Waals surface area contributed by atoms with Crippen LogP contribution in [0.4, 0.5) is 0 Å². The molecule has 0 bridgehead atoms. The Morgan fingerprint density at radius 3 is 1.22 bits per heavy atom. The van der Waals surface area contributed by atoms with Crippen molar-refractivity contribution in [3.8, 4) is 0 Å². The summed E-state index contributed by atoms with van der Waals surface area (Å²) in [6.45, 7) is 6.15. The van der Waals surface area contributed by atoms with Crippen LogP contribution in [0.15, 0.2) is 170 Å². The van der Waals surface area contributed by atoms with Crippen LogP contribution in [0.1, 0.15) is 162 Å². The third-order valence-corrected chi connectivity index (χ3v) is 9.42. The van der Waals surface area contributed by atoms with Gasteiger partial charge >= 0.3 is 17.9 Å². The van der Waals surface area contributed by atoms with Gasteiger partial charge in [0.05, 0.1) is 0 Å². The Bertz CT molecular complexity index is 1590. The van der Waals surface area contributed by atoms with Crippen molar-refractivity contribution in [3.63, 3.8) is 0 Å². The van der Waals surface area contributed by atoms with Crippen molar-refractivity contribution in [1.29, 1.82) is 0 Å². The molecule has 1 atom stereocenters. The summed E-state index contributed by atoms with van der Waals surface area (Å²) in [7, 11) is 0. The molecule has 0 saturated heterocycles. The minimum absolute atomic E-state index is 0.152. The zero-order valence-corrected chi connectivity index (χ0v) is 40.7. The summed E-state index contributed by atoms with van der Waals surface area (Å²) in [6, 6.07) is 0. The van der Waals surface area contributed by atoms with Gasteiger partial charge in [0.15, 0.2) is 6.10 Å². The second-order valence-corrected chi connectivity index (χ2v) is 15.5. The minimum Gasteiger partial charge on any atom is -0.462 e. The number of carbonyl (C=O) groups excluding carboxylic acids is 3. The first kappa shape index (κ1) is 59.8. The van der Waals surface area contributed by atoms with E-state index in [1.165, 1.54) is 19.3 Å². The molecule has 65 heavy (non-hydrogen) atoms. The van der Waals surface area contributed by atoms with E-state index in [2.05, 4.69) is 118 Å². The van der Waals surface area contributed by atoms with Crippen LogP contribution < -0.4 is 0 Å². The third kappa shape index (κ3) is 49.6. The second kappa shape index (κ2) is 51.4. The number of esters is 3. The molecular weight excluding hydrogens is 805 g/mol. The van der Waals surface area contributed by atoms with Gasteiger partial charge in [-0.2, -0.15) is 0 Å². The van der Waals surface area contributed by atoms with Gasteiger partial charge in [-0.15, -0.1) is 0 Å². The quantitative estimate of drug-likeness (QED) is 0.0200. The Morgan fingerprint density at radius 2 is 0.723 bits per heavy atom. The normalized spacial score (nSPS) is 13.6. The first-order valence-electron chi connectivity index (χ1n) is 24.8. The molecule has 0 radical (unpaired) electrons. The van der Waals surface area contributed by atoms with E-state index in [9.17, 15) is 14.4 Å². The molecule has 0 saturated carbocycles. The molecule has 0 spiro atoms. The van der Waals surface area contributed by atoms with Crippen LogP contribution in [0, 0.1) is 0 Å². The van der Waals surface area contributed by atoms with Gasteiger partial charge in [-0.1, -0.05) is 223 Å². The Balaban J connectivity index is 4.68. The number of rotatable bonds is 41. The summed E-state index contributed by atoms with van der Waals surface area (Å²) in [5.74, 6) is -1.15. The van der Waals surface area contributed by atoms with E-state index < -0.39 is 12.1 Å². The maximum absolute atomic E-state index is 12.8. The van der Waals surface area contributed by atoms with Crippen LogP contribution in [0.25, 0.3) is 0 Å². The lowest BCUT2D eigenvalue weighted by Gasteiger charge is -2.18. The van der Waals surface area contributed by atoms with E-state index in [0.717, 1.165) is 89.9 Å². The molecule has 1 unspecified atom stereocenters. The van der Waals surface area contributed by atoms with Crippen molar-refractivity contribution >= 4 is 17.9 Å². The molecule has 0 aromatic heterocycles. The molecule has 0 heterocycles. The van der Waals surface area contributed by atoms with Crippen molar-refractivity contribution < 1.29 is 28.6 Å². The predicted octanol–water partition coefficient (Wildman–Crippen LogP) is 16.4. The molecule has 0 aromatic rings. The van der Waals surface area contributed by atoms with E-state index in [1.807, 2.05) is 72.9 Å². The minimum atomic E-state index is -0.865. The average Bonchev–Trinajstić information content (AvgIpc) is 3.30. The number of hydrogen-bond donors (Lipinski definition) is 0. The summed E-state index contributed by atoms with van der Waals surface area (Å²) in [6.07, 6.45) is 76.4. The summed E-state index contributed by atoms with van der Waals surface area (Å²) < 4.78 is 16.6. The molecule has 0 aliphatic carbocycles. The molecule has 0 aliphatic rings.